The van der Waals surface area contributed by atoms with E-state index in [1.165, 1.54) is 16.9 Å². The second kappa shape index (κ2) is 6.63. The number of nitrogens with one attached hydrogen (secondary N) is 1. The van der Waals surface area contributed by atoms with Crippen LogP contribution >= 0.6 is 23.1 Å². The van der Waals surface area contributed by atoms with Crippen LogP contribution in [0.1, 0.15) is 5.56 Å². The zero-order valence-electron chi connectivity index (χ0n) is 12.7. The van der Waals surface area contributed by atoms with Crippen LogP contribution in [0.25, 0.3) is 21.3 Å². The van der Waals surface area contributed by atoms with E-state index in [9.17, 15) is 4.79 Å². The molecule has 3 nitrogen and oxygen atoms in total. The van der Waals surface area contributed by atoms with Gasteiger partial charge in [0, 0.05) is 16.7 Å². The fourth-order valence-electron chi connectivity index (χ4n) is 2.55. The van der Waals surface area contributed by atoms with E-state index in [4.69, 9.17) is 0 Å². The molecule has 0 atom stereocenters. The summed E-state index contributed by atoms with van der Waals surface area (Å²) < 4.78 is 0. The highest BCUT2D eigenvalue weighted by Crippen LogP contribution is 2.31. The predicted octanol–water partition coefficient (Wildman–Crippen LogP) is 4.94. The average Bonchev–Trinajstić information content (AvgIpc) is 3.06. The number of benzene rings is 2. The second-order valence-corrected chi connectivity index (χ2v) is 7.16. The molecule has 0 radical (unpaired) electrons. The summed E-state index contributed by atoms with van der Waals surface area (Å²) in [5.41, 5.74) is 3.13. The van der Waals surface area contributed by atoms with Crippen LogP contribution in [0, 0.1) is 0 Å². The first-order chi connectivity index (χ1) is 11.8. The molecule has 0 bridgehead atoms. The van der Waals surface area contributed by atoms with Gasteiger partial charge in [0.25, 0.3) is 5.56 Å². The molecule has 5 heteroatoms. The van der Waals surface area contributed by atoms with E-state index in [1.54, 1.807) is 11.8 Å². The predicted molar refractivity (Wildman–Crippen MR) is 102 cm³/mol. The molecule has 0 aliphatic carbocycles. The summed E-state index contributed by atoms with van der Waals surface area (Å²) >= 11 is 3.06. The van der Waals surface area contributed by atoms with Gasteiger partial charge in [0.1, 0.15) is 4.83 Å². The summed E-state index contributed by atoms with van der Waals surface area (Å²) in [6.07, 6.45) is 0. The normalized spacial score (nSPS) is 11.0. The molecule has 0 amide bonds. The lowest BCUT2D eigenvalue weighted by atomic mass is 10.1. The Kier molecular flexibility index (Phi) is 4.19. The number of aromatic amines is 1. The highest BCUT2D eigenvalue weighted by Gasteiger charge is 2.13. The molecule has 2 aromatic carbocycles. The fourth-order valence-corrected chi connectivity index (χ4v) is 4.38. The average molecular weight is 350 g/mol. The summed E-state index contributed by atoms with van der Waals surface area (Å²) in [5.74, 6) is 0.784. The first-order valence-corrected chi connectivity index (χ1v) is 9.41. The number of thiophene rings is 1. The van der Waals surface area contributed by atoms with Gasteiger partial charge in [-0.2, -0.15) is 0 Å². The topological polar surface area (TPSA) is 45.8 Å². The van der Waals surface area contributed by atoms with Crippen LogP contribution in [0.15, 0.2) is 76.0 Å². The summed E-state index contributed by atoms with van der Waals surface area (Å²) in [7, 11) is 0. The van der Waals surface area contributed by atoms with Crippen molar-refractivity contribution in [1.82, 2.24) is 9.97 Å². The maximum Gasteiger partial charge on any atom is 0.260 e. The van der Waals surface area contributed by atoms with Crippen LogP contribution in [0.3, 0.4) is 0 Å². The fraction of sp³-hybridized carbons (Fsp3) is 0.0526. The van der Waals surface area contributed by atoms with Crippen molar-refractivity contribution < 1.29 is 0 Å². The molecule has 0 saturated carbocycles. The Morgan fingerprint density at radius 1 is 1.00 bits per heavy atom. The monoisotopic (exact) mass is 350 g/mol. The number of thioether (sulfide) groups is 1. The summed E-state index contributed by atoms with van der Waals surface area (Å²) in [6, 6.07) is 20.1. The lowest BCUT2D eigenvalue weighted by Gasteiger charge is -2.02. The van der Waals surface area contributed by atoms with Gasteiger partial charge in [-0.05, 0) is 11.1 Å². The van der Waals surface area contributed by atoms with Gasteiger partial charge >= 0.3 is 0 Å². The number of fused-ring (bicyclic) bond motifs is 1. The highest BCUT2D eigenvalue weighted by molar-refractivity contribution is 7.98. The number of rotatable bonds is 4. The Morgan fingerprint density at radius 3 is 2.46 bits per heavy atom. The quantitative estimate of drug-likeness (QED) is 0.419. The first kappa shape index (κ1) is 15.2. The summed E-state index contributed by atoms with van der Waals surface area (Å²) in [6.45, 7) is 0. The molecular formula is C19H14N2OS2. The van der Waals surface area contributed by atoms with Crippen LogP contribution in [-0.4, -0.2) is 9.97 Å². The number of hydrogen-bond acceptors (Lipinski definition) is 4. The van der Waals surface area contributed by atoms with Crippen molar-refractivity contribution in [3.63, 3.8) is 0 Å². The van der Waals surface area contributed by atoms with Gasteiger partial charge in [0.15, 0.2) is 5.16 Å². The molecule has 0 spiro atoms. The van der Waals surface area contributed by atoms with Crippen molar-refractivity contribution in [2.45, 2.75) is 10.9 Å². The Bertz CT molecular complexity index is 1020. The van der Waals surface area contributed by atoms with Crippen LogP contribution < -0.4 is 5.56 Å². The lowest BCUT2D eigenvalue weighted by Crippen LogP contribution is -2.08. The Labute approximate surface area is 147 Å². The SMILES string of the molecule is O=c1[nH]c(SCc2ccccc2)nc2scc(-c3ccccc3)c12. The van der Waals surface area contributed by atoms with Crippen LogP contribution in [0.4, 0.5) is 0 Å². The minimum atomic E-state index is -0.0735. The summed E-state index contributed by atoms with van der Waals surface area (Å²) in [4.78, 5) is 20.9. The van der Waals surface area contributed by atoms with Crippen molar-refractivity contribution in [1.29, 1.82) is 0 Å². The van der Waals surface area contributed by atoms with Gasteiger partial charge < -0.3 is 4.98 Å². The van der Waals surface area contributed by atoms with Gasteiger partial charge in [0.2, 0.25) is 0 Å². The van der Waals surface area contributed by atoms with Crippen molar-refractivity contribution >= 4 is 33.3 Å². The third kappa shape index (κ3) is 3.00. The van der Waals surface area contributed by atoms with Crippen molar-refractivity contribution in [2.24, 2.45) is 0 Å². The van der Waals surface area contributed by atoms with E-state index < -0.39 is 0 Å². The molecule has 118 valence electrons. The molecule has 4 aromatic rings. The van der Waals surface area contributed by atoms with Gasteiger partial charge in [-0.15, -0.1) is 11.3 Å². The van der Waals surface area contributed by atoms with Crippen molar-refractivity contribution in [3.05, 3.63) is 82.0 Å². The van der Waals surface area contributed by atoms with Gasteiger partial charge in [-0.25, -0.2) is 4.98 Å². The number of aromatic nitrogens is 2. The smallest absolute Gasteiger partial charge is 0.260 e. The minimum Gasteiger partial charge on any atom is -0.301 e. The first-order valence-electron chi connectivity index (χ1n) is 7.55. The molecule has 0 saturated heterocycles. The molecule has 0 fully saturated rings. The summed E-state index contributed by atoms with van der Waals surface area (Å²) in [5, 5.41) is 3.35. The zero-order valence-corrected chi connectivity index (χ0v) is 14.4. The van der Waals surface area contributed by atoms with E-state index >= 15 is 0 Å². The van der Waals surface area contributed by atoms with E-state index in [-0.39, 0.29) is 5.56 Å². The standard InChI is InChI=1S/C19H14N2OS2/c22-17-16-15(14-9-5-2-6-10-14)12-23-18(16)21-19(20-17)24-11-13-7-3-1-4-8-13/h1-10,12H,11H2,(H,20,21,22). The molecule has 2 aromatic heterocycles. The minimum absolute atomic E-state index is 0.0735. The van der Waals surface area contributed by atoms with Crippen molar-refractivity contribution in [3.8, 4) is 11.1 Å². The van der Waals surface area contributed by atoms with Gasteiger partial charge in [-0.3, -0.25) is 4.79 Å². The maximum absolute atomic E-state index is 12.6. The Morgan fingerprint density at radius 2 is 1.71 bits per heavy atom. The number of hydrogen-bond donors (Lipinski definition) is 1. The molecule has 4 rings (SSSR count). The van der Waals surface area contributed by atoms with Crippen molar-refractivity contribution in [2.75, 3.05) is 0 Å². The van der Waals surface area contributed by atoms with E-state index in [1.807, 2.05) is 53.9 Å². The van der Waals surface area contributed by atoms with Gasteiger partial charge in [0.05, 0.1) is 5.39 Å². The molecule has 2 heterocycles. The third-order valence-corrected chi connectivity index (χ3v) is 5.54. The molecule has 24 heavy (non-hydrogen) atoms. The highest BCUT2D eigenvalue weighted by atomic mass is 32.2. The molecule has 1 N–H and O–H groups in total. The maximum atomic E-state index is 12.6. The van der Waals surface area contributed by atoms with Crippen LogP contribution in [0.5, 0.6) is 0 Å². The Balaban J connectivity index is 1.68. The third-order valence-electron chi connectivity index (χ3n) is 3.73. The van der Waals surface area contributed by atoms with Gasteiger partial charge in [-0.1, -0.05) is 72.4 Å². The largest absolute Gasteiger partial charge is 0.301 e. The lowest BCUT2D eigenvalue weighted by molar-refractivity contribution is 0.980. The van der Waals surface area contributed by atoms with Crippen LogP contribution in [0.2, 0.25) is 0 Å². The number of nitrogens with zero attached hydrogens (tertiary/aromatic N) is 1. The zero-order chi connectivity index (χ0) is 16.4. The second-order valence-electron chi connectivity index (χ2n) is 5.34. The molecule has 0 aliphatic heterocycles. The Hall–Kier alpha value is -2.37. The number of H-pyrrole nitrogens is 1. The molecule has 0 unspecified atom stereocenters. The van der Waals surface area contributed by atoms with E-state index in [0.29, 0.717) is 10.5 Å². The molecular weight excluding hydrogens is 336 g/mol. The van der Waals surface area contributed by atoms with Crippen LogP contribution in [-0.2, 0) is 5.75 Å². The molecule has 0 aliphatic rings. The van der Waals surface area contributed by atoms with E-state index in [2.05, 4.69) is 22.1 Å². The van der Waals surface area contributed by atoms with E-state index in [0.717, 1.165) is 21.7 Å².